The van der Waals surface area contributed by atoms with Crippen LogP contribution in [0.25, 0.3) is 0 Å². The Hall–Kier alpha value is -0.910. The van der Waals surface area contributed by atoms with Gasteiger partial charge in [-0.15, -0.1) is 11.3 Å². The monoisotopic (exact) mass is 256 g/mol. The Bertz CT molecular complexity index is 314. The largest absolute Gasteiger partial charge is 0.381 e. The first kappa shape index (κ1) is 14.2. The van der Waals surface area contributed by atoms with Crippen LogP contribution in [0.5, 0.6) is 0 Å². The van der Waals surface area contributed by atoms with Gasteiger partial charge in [0.1, 0.15) is 6.04 Å². The number of ether oxygens (including phenoxy) is 1. The molecule has 96 valence electrons. The van der Waals surface area contributed by atoms with Gasteiger partial charge in [-0.1, -0.05) is 13.0 Å². The Labute approximate surface area is 106 Å². The SMILES string of the molecule is CCCOCCCNC(=O)C(N)c1cccs1. The Morgan fingerprint density at radius 1 is 1.59 bits per heavy atom. The first-order valence-electron chi connectivity index (χ1n) is 5.90. The number of hydrogen-bond donors (Lipinski definition) is 2. The zero-order valence-electron chi connectivity index (χ0n) is 10.1. The highest BCUT2D eigenvalue weighted by atomic mass is 32.1. The van der Waals surface area contributed by atoms with Crippen molar-refractivity contribution in [1.29, 1.82) is 0 Å². The summed E-state index contributed by atoms with van der Waals surface area (Å²) in [7, 11) is 0. The molecule has 0 bridgehead atoms. The minimum Gasteiger partial charge on any atom is -0.381 e. The van der Waals surface area contributed by atoms with Crippen LogP contribution in [0.2, 0.25) is 0 Å². The van der Waals surface area contributed by atoms with Gasteiger partial charge >= 0.3 is 0 Å². The van der Waals surface area contributed by atoms with Crippen LogP contribution in [-0.4, -0.2) is 25.7 Å². The smallest absolute Gasteiger partial charge is 0.242 e. The van der Waals surface area contributed by atoms with Gasteiger partial charge in [-0.25, -0.2) is 0 Å². The molecule has 4 nitrogen and oxygen atoms in total. The average molecular weight is 256 g/mol. The average Bonchev–Trinajstić information content (AvgIpc) is 2.86. The Morgan fingerprint density at radius 2 is 2.41 bits per heavy atom. The van der Waals surface area contributed by atoms with Crippen LogP contribution in [-0.2, 0) is 9.53 Å². The lowest BCUT2D eigenvalue weighted by Crippen LogP contribution is -2.34. The number of thiophene rings is 1. The van der Waals surface area contributed by atoms with Gasteiger partial charge < -0.3 is 15.8 Å². The maximum atomic E-state index is 11.7. The molecule has 1 aromatic rings. The van der Waals surface area contributed by atoms with E-state index in [2.05, 4.69) is 12.2 Å². The lowest BCUT2D eigenvalue weighted by Gasteiger charge is -2.10. The number of amides is 1. The van der Waals surface area contributed by atoms with Gasteiger partial charge in [-0.05, 0) is 24.3 Å². The molecule has 1 atom stereocenters. The molecule has 0 spiro atoms. The maximum Gasteiger partial charge on any atom is 0.242 e. The molecule has 0 aliphatic carbocycles. The summed E-state index contributed by atoms with van der Waals surface area (Å²) in [5, 5.41) is 4.73. The highest BCUT2D eigenvalue weighted by Gasteiger charge is 2.15. The van der Waals surface area contributed by atoms with Gasteiger partial charge in [0.2, 0.25) is 5.91 Å². The molecule has 1 heterocycles. The quantitative estimate of drug-likeness (QED) is 0.696. The van der Waals surface area contributed by atoms with E-state index in [1.54, 1.807) is 0 Å². The number of carbonyl (C=O) groups excluding carboxylic acids is 1. The van der Waals surface area contributed by atoms with Crippen molar-refractivity contribution in [1.82, 2.24) is 5.32 Å². The van der Waals surface area contributed by atoms with E-state index in [4.69, 9.17) is 10.5 Å². The van der Waals surface area contributed by atoms with E-state index >= 15 is 0 Å². The van der Waals surface area contributed by atoms with Crippen molar-refractivity contribution in [2.75, 3.05) is 19.8 Å². The third kappa shape index (κ3) is 5.30. The zero-order chi connectivity index (χ0) is 12.5. The van der Waals surface area contributed by atoms with Gasteiger partial charge in [0.05, 0.1) is 0 Å². The highest BCUT2D eigenvalue weighted by Crippen LogP contribution is 2.16. The van der Waals surface area contributed by atoms with E-state index in [0.29, 0.717) is 13.2 Å². The number of hydrogen-bond acceptors (Lipinski definition) is 4. The Balaban J connectivity index is 2.13. The molecule has 0 radical (unpaired) electrons. The molecule has 0 aliphatic heterocycles. The molecule has 0 aromatic carbocycles. The second kappa shape index (κ2) is 8.22. The fourth-order valence-corrected chi connectivity index (χ4v) is 2.06. The molecule has 1 amide bonds. The van der Waals surface area contributed by atoms with E-state index in [9.17, 15) is 4.79 Å². The molecule has 1 rings (SSSR count). The molecular weight excluding hydrogens is 236 g/mol. The fraction of sp³-hybridized carbons (Fsp3) is 0.583. The van der Waals surface area contributed by atoms with E-state index in [1.807, 2.05) is 17.5 Å². The summed E-state index contributed by atoms with van der Waals surface area (Å²) in [5.41, 5.74) is 5.81. The Morgan fingerprint density at radius 3 is 3.06 bits per heavy atom. The van der Waals surface area contributed by atoms with Crippen molar-refractivity contribution >= 4 is 17.2 Å². The second-order valence-corrected chi connectivity index (χ2v) is 4.73. The molecule has 17 heavy (non-hydrogen) atoms. The molecule has 1 unspecified atom stereocenters. The molecule has 0 aliphatic rings. The predicted molar refractivity (Wildman–Crippen MR) is 70.0 cm³/mol. The van der Waals surface area contributed by atoms with Crippen LogP contribution < -0.4 is 11.1 Å². The van der Waals surface area contributed by atoms with E-state index in [1.165, 1.54) is 11.3 Å². The number of nitrogens with two attached hydrogens (primary N) is 1. The highest BCUT2D eigenvalue weighted by molar-refractivity contribution is 7.10. The summed E-state index contributed by atoms with van der Waals surface area (Å²) < 4.78 is 5.32. The van der Waals surface area contributed by atoms with Gasteiger partial charge in [0.25, 0.3) is 0 Å². The predicted octanol–water partition coefficient (Wildman–Crippen LogP) is 1.68. The van der Waals surface area contributed by atoms with Crippen LogP contribution in [0.3, 0.4) is 0 Å². The molecule has 0 saturated carbocycles. The van der Waals surface area contributed by atoms with Crippen LogP contribution in [0, 0.1) is 0 Å². The second-order valence-electron chi connectivity index (χ2n) is 3.75. The molecular formula is C12H20N2O2S. The first-order valence-corrected chi connectivity index (χ1v) is 6.78. The maximum absolute atomic E-state index is 11.7. The summed E-state index contributed by atoms with van der Waals surface area (Å²) in [5.74, 6) is -0.122. The molecule has 5 heteroatoms. The van der Waals surface area contributed by atoms with Gasteiger partial charge in [-0.3, -0.25) is 4.79 Å². The van der Waals surface area contributed by atoms with Crippen molar-refractivity contribution in [3.8, 4) is 0 Å². The van der Waals surface area contributed by atoms with Crippen LogP contribution in [0.15, 0.2) is 17.5 Å². The molecule has 1 aromatic heterocycles. The molecule has 0 fully saturated rings. The third-order valence-electron chi connectivity index (χ3n) is 2.25. The van der Waals surface area contributed by atoms with Crippen LogP contribution in [0.1, 0.15) is 30.7 Å². The molecule has 3 N–H and O–H groups in total. The van der Waals surface area contributed by atoms with Crippen LogP contribution in [0.4, 0.5) is 0 Å². The van der Waals surface area contributed by atoms with E-state index < -0.39 is 6.04 Å². The van der Waals surface area contributed by atoms with E-state index in [0.717, 1.165) is 24.3 Å². The van der Waals surface area contributed by atoms with E-state index in [-0.39, 0.29) is 5.91 Å². The minimum absolute atomic E-state index is 0.122. The zero-order valence-corrected chi connectivity index (χ0v) is 11.0. The lowest BCUT2D eigenvalue weighted by molar-refractivity contribution is -0.122. The van der Waals surface area contributed by atoms with Gasteiger partial charge in [0.15, 0.2) is 0 Å². The topological polar surface area (TPSA) is 64.3 Å². The normalized spacial score (nSPS) is 12.4. The van der Waals surface area contributed by atoms with Crippen LogP contribution >= 0.6 is 11.3 Å². The third-order valence-corrected chi connectivity index (χ3v) is 3.20. The van der Waals surface area contributed by atoms with Crippen molar-refractivity contribution < 1.29 is 9.53 Å². The summed E-state index contributed by atoms with van der Waals surface area (Å²) >= 11 is 1.50. The lowest BCUT2D eigenvalue weighted by atomic mass is 10.2. The first-order chi connectivity index (χ1) is 8.25. The number of nitrogens with one attached hydrogen (secondary N) is 1. The summed E-state index contributed by atoms with van der Waals surface area (Å²) in [6.07, 6.45) is 1.85. The summed E-state index contributed by atoms with van der Waals surface area (Å²) in [6.45, 7) is 4.15. The van der Waals surface area contributed by atoms with Crippen molar-refractivity contribution in [2.24, 2.45) is 5.73 Å². The fourth-order valence-electron chi connectivity index (χ4n) is 1.34. The standard InChI is InChI=1S/C12H20N2O2S/c1-2-7-16-8-4-6-14-12(15)11(13)10-5-3-9-17-10/h3,5,9,11H,2,4,6-8,13H2,1H3,(H,14,15). The number of rotatable bonds is 8. The Kier molecular flexibility index (Phi) is 6.84. The van der Waals surface area contributed by atoms with Crippen molar-refractivity contribution in [2.45, 2.75) is 25.8 Å². The molecule has 0 saturated heterocycles. The van der Waals surface area contributed by atoms with Gasteiger partial charge in [-0.2, -0.15) is 0 Å². The number of carbonyl (C=O) groups is 1. The summed E-state index contributed by atoms with van der Waals surface area (Å²) in [6, 6.07) is 3.22. The minimum atomic E-state index is -0.549. The van der Waals surface area contributed by atoms with Crippen molar-refractivity contribution in [3.05, 3.63) is 22.4 Å². The summed E-state index contributed by atoms with van der Waals surface area (Å²) in [4.78, 5) is 12.6. The van der Waals surface area contributed by atoms with Crippen molar-refractivity contribution in [3.63, 3.8) is 0 Å². The van der Waals surface area contributed by atoms with Gasteiger partial charge in [0, 0.05) is 24.6 Å².